The van der Waals surface area contributed by atoms with Crippen LogP contribution in [-0.4, -0.2) is 43.6 Å². The number of amides is 1. The van der Waals surface area contributed by atoms with Crippen LogP contribution in [0.3, 0.4) is 0 Å². The molecule has 2 rings (SSSR count). The molecule has 0 spiro atoms. The van der Waals surface area contributed by atoms with Crippen LogP contribution in [-0.2, 0) is 26.2 Å². The van der Waals surface area contributed by atoms with Gasteiger partial charge in [-0.15, -0.1) is 0 Å². The zero-order valence-electron chi connectivity index (χ0n) is 19.0. The standard InChI is InChI=1S/C25H32INO4/c1-19(28)25(4,21-12-9-13-22(26)14-21)18-31-17-24(2,3)16-27(23(29)30-5)15-20-10-7-6-8-11-20/h6-14H,15-18H2,1-5H3. The molecule has 0 aliphatic heterocycles. The van der Waals surface area contributed by atoms with Crippen molar-refractivity contribution in [3.63, 3.8) is 0 Å². The lowest BCUT2D eigenvalue weighted by Crippen LogP contribution is -2.42. The van der Waals surface area contributed by atoms with E-state index in [1.54, 1.807) is 11.8 Å². The first kappa shape index (κ1) is 25.3. The van der Waals surface area contributed by atoms with Crippen LogP contribution in [0.2, 0.25) is 0 Å². The van der Waals surface area contributed by atoms with Gasteiger partial charge in [0.2, 0.25) is 0 Å². The molecule has 0 aromatic heterocycles. The predicted octanol–water partition coefficient (Wildman–Crippen LogP) is 5.45. The van der Waals surface area contributed by atoms with Crippen molar-refractivity contribution < 1.29 is 19.1 Å². The smallest absolute Gasteiger partial charge is 0.409 e. The molecule has 1 atom stereocenters. The molecule has 168 valence electrons. The first-order valence-corrected chi connectivity index (χ1v) is 11.4. The van der Waals surface area contributed by atoms with E-state index in [4.69, 9.17) is 9.47 Å². The van der Waals surface area contributed by atoms with Gasteiger partial charge in [0, 0.05) is 22.1 Å². The Kier molecular flexibility index (Phi) is 9.06. The average Bonchev–Trinajstić information content (AvgIpc) is 2.72. The molecule has 0 saturated heterocycles. The maximum absolute atomic E-state index is 12.5. The van der Waals surface area contributed by atoms with Gasteiger partial charge in [-0.25, -0.2) is 4.79 Å². The normalized spacial score (nSPS) is 13.4. The first-order chi connectivity index (χ1) is 14.6. The lowest BCUT2D eigenvalue weighted by molar-refractivity contribution is -0.124. The quantitative estimate of drug-likeness (QED) is 0.379. The fourth-order valence-electron chi connectivity index (χ4n) is 3.43. The van der Waals surface area contributed by atoms with E-state index in [9.17, 15) is 9.59 Å². The second kappa shape index (κ2) is 11.1. The molecule has 0 heterocycles. The lowest BCUT2D eigenvalue weighted by atomic mass is 9.80. The van der Waals surface area contributed by atoms with Gasteiger partial charge < -0.3 is 14.4 Å². The Morgan fingerprint density at radius 3 is 2.26 bits per heavy atom. The highest BCUT2D eigenvalue weighted by atomic mass is 127. The molecule has 0 radical (unpaired) electrons. The van der Waals surface area contributed by atoms with Crippen molar-refractivity contribution in [1.82, 2.24) is 4.90 Å². The monoisotopic (exact) mass is 537 g/mol. The van der Waals surface area contributed by atoms with E-state index in [0.29, 0.717) is 19.7 Å². The molecule has 1 unspecified atom stereocenters. The van der Waals surface area contributed by atoms with E-state index in [1.807, 2.05) is 75.4 Å². The Morgan fingerprint density at radius 2 is 1.68 bits per heavy atom. The lowest BCUT2D eigenvalue weighted by Gasteiger charge is -2.34. The van der Waals surface area contributed by atoms with Crippen molar-refractivity contribution >= 4 is 34.5 Å². The third-order valence-corrected chi connectivity index (χ3v) is 6.06. The number of benzene rings is 2. The number of hydrogen-bond donors (Lipinski definition) is 0. The van der Waals surface area contributed by atoms with Gasteiger partial charge in [0.05, 0.1) is 25.7 Å². The van der Waals surface area contributed by atoms with Crippen molar-refractivity contribution in [3.05, 3.63) is 69.3 Å². The summed E-state index contributed by atoms with van der Waals surface area (Å²) in [6.45, 7) is 9.23. The van der Waals surface area contributed by atoms with Gasteiger partial charge in [0.25, 0.3) is 0 Å². The second-order valence-corrected chi connectivity index (χ2v) is 10.1. The third kappa shape index (κ3) is 7.31. The maximum Gasteiger partial charge on any atom is 0.409 e. The molecule has 0 bridgehead atoms. The van der Waals surface area contributed by atoms with Crippen LogP contribution in [0.1, 0.15) is 38.8 Å². The highest BCUT2D eigenvalue weighted by Gasteiger charge is 2.34. The number of Topliss-reactive ketones (excluding diaryl/α,β-unsaturated/α-hetero) is 1. The molecule has 2 aromatic rings. The van der Waals surface area contributed by atoms with Crippen LogP contribution in [0, 0.1) is 8.99 Å². The number of ketones is 1. The van der Waals surface area contributed by atoms with Crippen LogP contribution < -0.4 is 0 Å². The molecule has 0 aliphatic carbocycles. The summed E-state index contributed by atoms with van der Waals surface area (Å²) < 4.78 is 12.2. The van der Waals surface area contributed by atoms with Crippen molar-refractivity contribution in [1.29, 1.82) is 0 Å². The van der Waals surface area contributed by atoms with Gasteiger partial charge in [0.15, 0.2) is 0 Å². The SMILES string of the molecule is COC(=O)N(Cc1ccccc1)CC(C)(C)COCC(C)(C(C)=O)c1cccc(I)c1. The van der Waals surface area contributed by atoms with Crippen LogP contribution in [0.4, 0.5) is 4.79 Å². The van der Waals surface area contributed by atoms with Crippen molar-refractivity contribution in [3.8, 4) is 0 Å². The number of methoxy groups -OCH3 is 1. The van der Waals surface area contributed by atoms with Crippen LogP contribution >= 0.6 is 22.6 Å². The van der Waals surface area contributed by atoms with E-state index in [0.717, 1.165) is 14.7 Å². The van der Waals surface area contributed by atoms with Crippen LogP contribution in [0.5, 0.6) is 0 Å². The summed E-state index contributed by atoms with van der Waals surface area (Å²) in [6, 6.07) is 17.8. The molecule has 0 fully saturated rings. The predicted molar refractivity (Wildman–Crippen MR) is 131 cm³/mol. The average molecular weight is 537 g/mol. The summed E-state index contributed by atoms with van der Waals surface area (Å²) in [4.78, 5) is 26.5. The Bertz CT molecular complexity index is 884. The Hall–Kier alpha value is -1.93. The molecule has 0 aliphatic rings. The minimum absolute atomic E-state index is 0.0626. The van der Waals surface area contributed by atoms with E-state index in [-0.39, 0.29) is 23.9 Å². The topological polar surface area (TPSA) is 55.8 Å². The molecule has 1 amide bonds. The zero-order valence-corrected chi connectivity index (χ0v) is 21.1. The minimum atomic E-state index is -0.719. The minimum Gasteiger partial charge on any atom is -0.453 e. The largest absolute Gasteiger partial charge is 0.453 e. The molecule has 5 nitrogen and oxygen atoms in total. The van der Waals surface area contributed by atoms with Crippen molar-refractivity contribution in [2.45, 2.75) is 39.7 Å². The maximum atomic E-state index is 12.5. The summed E-state index contributed by atoms with van der Waals surface area (Å²) in [5, 5.41) is 0. The van der Waals surface area contributed by atoms with E-state index in [2.05, 4.69) is 22.6 Å². The first-order valence-electron chi connectivity index (χ1n) is 10.3. The van der Waals surface area contributed by atoms with E-state index in [1.165, 1.54) is 7.11 Å². The number of rotatable bonds is 10. The van der Waals surface area contributed by atoms with Gasteiger partial charge in [-0.05, 0) is 59.7 Å². The number of hydrogen-bond acceptors (Lipinski definition) is 4. The zero-order chi connectivity index (χ0) is 23.1. The fraction of sp³-hybridized carbons (Fsp3) is 0.440. The van der Waals surface area contributed by atoms with Gasteiger partial charge in [-0.1, -0.05) is 56.3 Å². The van der Waals surface area contributed by atoms with Gasteiger partial charge in [0.1, 0.15) is 5.78 Å². The van der Waals surface area contributed by atoms with Gasteiger partial charge >= 0.3 is 6.09 Å². The molecule has 6 heteroatoms. The number of halogens is 1. The van der Waals surface area contributed by atoms with E-state index >= 15 is 0 Å². The Morgan fingerprint density at radius 1 is 1.00 bits per heavy atom. The van der Waals surface area contributed by atoms with Crippen molar-refractivity contribution in [2.24, 2.45) is 5.41 Å². The summed E-state index contributed by atoms with van der Waals surface area (Å²) >= 11 is 2.25. The fourth-order valence-corrected chi connectivity index (χ4v) is 3.97. The van der Waals surface area contributed by atoms with Gasteiger partial charge in [-0.2, -0.15) is 0 Å². The number of carbonyl (C=O) groups excluding carboxylic acids is 2. The highest BCUT2D eigenvalue weighted by Crippen LogP contribution is 2.28. The number of ether oxygens (including phenoxy) is 2. The summed E-state index contributed by atoms with van der Waals surface area (Å²) in [6.07, 6.45) is -0.371. The molecular weight excluding hydrogens is 505 g/mol. The van der Waals surface area contributed by atoms with Crippen LogP contribution in [0.25, 0.3) is 0 Å². The molecule has 31 heavy (non-hydrogen) atoms. The molecule has 0 saturated carbocycles. The Balaban J connectivity index is 2.05. The molecule has 2 aromatic carbocycles. The third-order valence-electron chi connectivity index (χ3n) is 5.39. The Labute approximate surface area is 199 Å². The number of nitrogens with zero attached hydrogens (tertiary/aromatic N) is 1. The van der Waals surface area contributed by atoms with E-state index < -0.39 is 5.41 Å². The molecular formula is C25H32INO4. The highest BCUT2D eigenvalue weighted by molar-refractivity contribution is 14.1. The van der Waals surface area contributed by atoms with Crippen LogP contribution in [0.15, 0.2) is 54.6 Å². The second-order valence-electron chi connectivity index (χ2n) is 8.87. The molecule has 0 N–H and O–H groups in total. The van der Waals surface area contributed by atoms with Gasteiger partial charge in [-0.3, -0.25) is 4.79 Å². The number of carbonyl (C=O) groups is 2. The summed E-state index contributed by atoms with van der Waals surface area (Å²) in [5.41, 5.74) is 0.937. The summed E-state index contributed by atoms with van der Waals surface area (Å²) in [7, 11) is 1.39. The van der Waals surface area contributed by atoms with Crippen molar-refractivity contribution in [2.75, 3.05) is 26.9 Å². The summed E-state index contributed by atoms with van der Waals surface area (Å²) in [5.74, 6) is 0.0626.